The quantitative estimate of drug-likeness (QED) is 0.323. The van der Waals surface area contributed by atoms with E-state index >= 15 is 0 Å². The Hall–Kier alpha value is 2.82. The van der Waals surface area contributed by atoms with Crippen LogP contribution in [0.1, 0.15) is 0 Å². The molecule has 0 aliphatic carbocycles. The molecular weight excluding hydrogens is 467 g/mol. The Morgan fingerprint density at radius 2 is 1.00 bits per heavy atom. The second kappa shape index (κ2) is 17.0. The van der Waals surface area contributed by atoms with Crippen LogP contribution < -0.4 is 0 Å². The van der Waals surface area contributed by atoms with Crippen LogP contribution in [0.5, 0.6) is 0 Å². The minimum atomic E-state index is 0. The molecule has 1 atom stereocenters. The summed E-state index contributed by atoms with van der Waals surface area (Å²) < 4.78 is 0. The van der Waals surface area contributed by atoms with Gasteiger partial charge in [-0.05, 0) is 0 Å². The Morgan fingerprint density at radius 1 is 1.00 bits per heavy atom. The van der Waals surface area contributed by atoms with Crippen molar-refractivity contribution in [2.45, 2.75) is 0 Å². The van der Waals surface area contributed by atoms with Crippen molar-refractivity contribution < 1.29 is 17.1 Å². The van der Waals surface area contributed by atoms with E-state index in [9.17, 15) is 0 Å². The van der Waals surface area contributed by atoms with Crippen LogP contribution >= 0.6 is 0 Å². The molecular formula is H8AsCuPbSb. The van der Waals surface area contributed by atoms with Gasteiger partial charge in [0, 0.05) is 17.1 Å². The molecule has 4 heteroatoms. The van der Waals surface area contributed by atoms with Crippen LogP contribution in [-0.4, -0.2) is 69.7 Å². The van der Waals surface area contributed by atoms with Crippen LogP contribution in [0.25, 0.3) is 0 Å². The SMILES string of the molecule is [AsH3].[Cu].[PbH2].[SbH3]. The van der Waals surface area contributed by atoms with Gasteiger partial charge in [-0.2, -0.15) is 0 Å². The zero-order valence-electron chi connectivity index (χ0n) is 2.42. The summed E-state index contributed by atoms with van der Waals surface area (Å²) in [5, 5.41) is 0. The van der Waals surface area contributed by atoms with Gasteiger partial charge >= 0.3 is 69.7 Å². The molecule has 1 unspecified atom stereocenters. The number of hydrogen-bond acceptors (Lipinski definition) is 0. The van der Waals surface area contributed by atoms with E-state index < -0.39 is 0 Å². The summed E-state index contributed by atoms with van der Waals surface area (Å²) in [5.41, 5.74) is 0. The van der Waals surface area contributed by atoms with Gasteiger partial charge in [-0.3, -0.25) is 0 Å². The van der Waals surface area contributed by atoms with E-state index in [4.69, 9.17) is 0 Å². The Morgan fingerprint density at radius 3 is 1.00 bits per heavy atom. The number of rotatable bonds is 0. The van der Waals surface area contributed by atoms with Crippen LogP contribution in [0.3, 0.4) is 0 Å². The Bertz CT molecular complexity index is 8.00. The van der Waals surface area contributed by atoms with E-state index in [2.05, 4.69) is 0 Å². The van der Waals surface area contributed by atoms with Gasteiger partial charge in [0.15, 0.2) is 0 Å². The minimum absolute atomic E-state index is 0. The molecule has 4 heavy (non-hydrogen) atoms. The summed E-state index contributed by atoms with van der Waals surface area (Å²) in [7, 11) is 0. The molecule has 0 rings (SSSR count). The topological polar surface area (TPSA) is 0 Å². The fourth-order valence-electron chi connectivity index (χ4n) is 0. The molecule has 0 aromatic rings. The molecule has 0 amide bonds. The predicted molar refractivity (Wildman–Crippen MR) is 28.4 cm³/mol. The molecule has 0 saturated carbocycles. The molecule has 0 fully saturated rings. The van der Waals surface area contributed by atoms with Crippen LogP contribution in [0.4, 0.5) is 0 Å². The predicted octanol–water partition coefficient (Wildman–Crippen LogP) is -3.29. The average molecular weight is 475 g/mol. The van der Waals surface area contributed by atoms with E-state index in [1.807, 2.05) is 0 Å². The van der Waals surface area contributed by atoms with E-state index in [-0.39, 0.29) is 86.7 Å². The average Bonchev–Trinajstić information content (AvgIpc) is 0. The van der Waals surface area contributed by atoms with Crippen LogP contribution in [0, 0.1) is 0 Å². The van der Waals surface area contributed by atoms with E-state index in [1.165, 1.54) is 0 Å². The molecule has 0 heterocycles. The first-order chi connectivity index (χ1) is 0. The van der Waals surface area contributed by atoms with Crippen molar-refractivity contribution >= 4 is 69.7 Å². The second-order valence-corrected chi connectivity index (χ2v) is 0. The maximum atomic E-state index is 0. The summed E-state index contributed by atoms with van der Waals surface area (Å²) in [6.45, 7) is 0. The molecule has 0 bridgehead atoms. The first kappa shape index (κ1) is 29.1. The zero-order chi connectivity index (χ0) is 0. The molecule has 0 nitrogen and oxygen atoms in total. The van der Waals surface area contributed by atoms with Crippen molar-refractivity contribution in [3.63, 3.8) is 0 Å². The van der Waals surface area contributed by atoms with E-state index in [0.29, 0.717) is 0 Å². The molecule has 33 valence electrons. The summed E-state index contributed by atoms with van der Waals surface area (Å²) >= 11 is 0. The van der Waals surface area contributed by atoms with Crippen molar-refractivity contribution in [3.8, 4) is 0 Å². The summed E-state index contributed by atoms with van der Waals surface area (Å²) in [6.07, 6.45) is 0. The molecule has 0 aliphatic heterocycles. The van der Waals surface area contributed by atoms with Gasteiger partial charge < -0.3 is 0 Å². The van der Waals surface area contributed by atoms with Gasteiger partial charge in [-0.1, -0.05) is 0 Å². The summed E-state index contributed by atoms with van der Waals surface area (Å²) in [4.78, 5) is 0. The Kier molecular flexibility index (Phi) is 124. The zero-order valence-corrected chi connectivity index (χ0v) is 15.9. The Labute approximate surface area is 85.3 Å². The first-order valence-electron chi connectivity index (χ1n) is 0. The van der Waals surface area contributed by atoms with Crippen molar-refractivity contribution in [2.75, 3.05) is 0 Å². The van der Waals surface area contributed by atoms with Gasteiger partial charge in [0.05, 0.1) is 0 Å². The molecule has 0 N–H and O–H groups in total. The first-order valence-corrected chi connectivity index (χ1v) is 0. The third-order valence-electron chi connectivity index (χ3n) is 0. The second-order valence-electron chi connectivity index (χ2n) is 0. The van der Waals surface area contributed by atoms with Gasteiger partial charge in [-0.15, -0.1) is 0 Å². The molecule has 0 saturated heterocycles. The van der Waals surface area contributed by atoms with Gasteiger partial charge in [-0.25, -0.2) is 0 Å². The van der Waals surface area contributed by atoms with Gasteiger partial charge in [0.1, 0.15) is 0 Å². The fourth-order valence-corrected chi connectivity index (χ4v) is 0. The fraction of sp³-hybridized carbons (Fsp3) is 0. The molecule has 0 aromatic carbocycles. The monoisotopic (exact) mass is 475 g/mol. The summed E-state index contributed by atoms with van der Waals surface area (Å²) in [6, 6.07) is 0. The standard InChI is InChI=1S/AsH3.Cu.Pb.Sb.5H/h1H3;;;;;;;;. The maximum absolute atomic E-state index is 0. The molecule has 0 spiro atoms. The van der Waals surface area contributed by atoms with Crippen molar-refractivity contribution in [2.24, 2.45) is 0 Å². The molecule has 0 aliphatic rings. The van der Waals surface area contributed by atoms with Crippen molar-refractivity contribution in [1.82, 2.24) is 0 Å². The van der Waals surface area contributed by atoms with Crippen molar-refractivity contribution in [3.05, 3.63) is 0 Å². The molecule has 0 aromatic heterocycles. The van der Waals surface area contributed by atoms with Gasteiger partial charge in [0.2, 0.25) is 0 Å². The van der Waals surface area contributed by atoms with Gasteiger partial charge in [0.25, 0.3) is 0 Å². The van der Waals surface area contributed by atoms with Crippen LogP contribution in [0.15, 0.2) is 0 Å². The third kappa shape index (κ3) is 8.84. The normalized spacial score (nSPS) is 0. The number of hydrogen-bond donors (Lipinski definition) is 0. The van der Waals surface area contributed by atoms with Crippen LogP contribution in [0.2, 0.25) is 0 Å². The van der Waals surface area contributed by atoms with Crippen molar-refractivity contribution in [1.29, 1.82) is 0 Å². The van der Waals surface area contributed by atoms with E-state index in [0.717, 1.165) is 0 Å². The van der Waals surface area contributed by atoms with E-state index in [1.54, 1.807) is 0 Å². The molecule has 3 radical (unpaired) electrons. The third-order valence-corrected chi connectivity index (χ3v) is 0. The Balaban J connectivity index is 0. The summed E-state index contributed by atoms with van der Waals surface area (Å²) in [5.74, 6) is 0. The van der Waals surface area contributed by atoms with Crippen LogP contribution in [-0.2, 0) is 17.1 Å².